The Balaban J connectivity index is 1.88. The average molecular weight is 443 g/mol. The Labute approximate surface area is 190 Å². The molecule has 1 N–H and O–H groups in total. The third kappa shape index (κ3) is 4.23. The Morgan fingerprint density at radius 1 is 1.19 bits per heavy atom. The lowest BCUT2D eigenvalue weighted by Crippen LogP contribution is -2.16. The predicted octanol–water partition coefficient (Wildman–Crippen LogP) is 3.21. The summed E-state index contributed by atoms with van der Waals surface area (Å²) >= 11 is -1.51. The first-order valence-corrected chi connectivity index (χ1v) is 11.3. The highest BCUT2D eigenvalue weighted by Gasteiger charge is 2.22. The van der Waals surface area contributed by atoms with Crippen molar-refractivity contribution >= 4 is 35.3 Å². The number of aryl methyl sites for hydroxylation is 1. The van der Waals surface area contributed by atoms with E-state index in [1.54, 1.807) is 28.5 Å². The highest BCUT2D eigenvalue weighted by atomic mass is 32.2. The van der Waals surface area contributed by atoms with E-state index in [9.17, 15) is 14.8 Å². The molecule has 1 atom stereocenters. The smallest absolute Gasteiger partial charge is 0.306 e. The van der Waals surface area contributed by atoms with E-state index >= 15 is 0 Å². The van der Waals surface area contributed by atoms with Gasteiger partial charge in [0, 0.05) is 17.1 Å². The molecule has 8 heteroatoms. The van der Waals surface area contributed by atoms with Crippen molar-refractivity contribution < 1.29 is 14.3 Å². The predicted molar refractivity (Wildman–Crippen MR) is 128 cm³/mol. The lowest BCUT2D eigenvalue weighted by Gasteiger charge is -2.12. The van der Waals surface area contributed by atoms with Crippen LogP contribution >= 0.6 is 0 Å². The fourth-order valence-corrected chi connectivity index (χ4v) is 4.58. The summed E-state index contributed by atoms with van der Waals surface area (Å²) in [5.74, 6) is 0.521. The van der Waals surface area contributed by atoms with Crippen molar-refractivity contribution in [2.45, 2.75) is 31.8 Å². The second-order valence-electron chi connectivity index (χ2n) is 7.79. The van der Waals surface area contributed by atoms with Crippen LogP contribution in [0.1, 0.15) is 25.0 Å². The van der Waals surface area contributed by atoms with Gasteiger partial charge in [-0.3, -0.25) is 0 Å². The van der Waals surface area contributed by atoms with Crippen molar-refractivity contribution in [2.24, 2.45) is 0 Å². The number of nitriles is 1. The largest absolute Gasteiger partial charge is 0.587 e. The van der Waals surface area contributed by atoms with Gasteiger partial charge in [-0.05, 0) is 56.1 Å². The molecule has 0 aliphatic rings. The van der Waals surface area contributed by atoms with Gasteiger partial charge in [0.05, 0.1) is 17.9 Å². The van der Waals surface area contributed by atoms with Crippen LogP contribution in [0.3, 0.4) is 0 Å². The van der Waals surface area contributed by atoms with Gasteiger partial charge in [-0.1, -0.05) is 29.8 Å². The van der Waals surface area contributed by atoms with Gasteiger partial charge in [-0.2, -0.15) is 5.26 Å². The second kappa shape index (κ2) is 9.09. The van der Waals surface area contributed by atoms with E-state index in [1.807, 2.05) is 57.2 Å². The molecular formula is C24H22BN3O3S. The first-order chi connectivity index (χ1) is 15.4. The minimum absolute atomic E-state index is 0.0527. The standard InChI is InChI=1S/C24H22BN3O3S/c1-15(2)31-23-9-6-17(10-18(23)12-26)22-14-28(24-21(22)11-19(25-29)13-27-24)32(30)20-7-4-16(3)5-8-20/h4-11,13-15,25,29H,1-3H3. The van der Waals surface area contributed by atoms with Gasteiger partial charge in [-0.15, -0.1) is 3.97 Å². The summed E-state index contributed by atoms with van der Waals surface area (Å²) in [4.78, 5) is 5.14. The van der Waals surface area contributed by atoms with Crippen LogP contribution in [0.25, 0.3) is 22.2 Å². The van der Waals surface area contributed by atoms with Gasteiger partial charge in [0.15, 0.2) is 10.5 Å². The molecule has 0 aliphatic heterocycles. The van der Waals surface area contributed by atoms with Gasteiger partial charge in [0.25, 0.3) is 0 Å². The zero-order valence-electron chi connectivity index (χ0n) is 18.1. The molecule has 4 rings (SSSR count). The first-order valence-electron chi connectivity index (χ1n) is 10.2. The first kappa shape index (κ1) is 22.0. The molecule has 160 valence electrons. The minimum Gasteiger partial charge on any atom is -0.587 e. The van der Waals surface area contributed by atoms with E-state index in [1.165, 1.54) is 0 Å². The number of ether oxygens (including phenoxy) is 1. The molecule has 2 heterocycles. The van der Waals surface area contributed by atoms with Gasteiger partial charge < -0.3 is 14.3 Å². The highest BCUT2D eigenvalue weighted by Crippen LogP contribution is 2.34. The molecule has 32 heavy (non-hydrogen) atoms. The van der Waals surface area contributed by atoms with Crippen LogP contribution in [0.15, 0.2) is 65.8 Å². The number of pyridine rings is 1. The molecule has 0 bridgehead atoms. The Hall–Kier alpha value is -3.25. The number of hydrogen-bond acceptors (Lipinski definition) is 5. The van der Waals surface area contributed by atoms with Crippen LogP contribution in [0.2, 0.25) is 0 Å². The molecular weight excluding hydrogens is 421 g/mol. The summed E-state index contributed by atoms with van der Waals surface area (Å²) in [5, 5.41) is 20.0. The van der Waals surface area contributed by atoms with Gasteiger partial charge in [0.1, 0.15) is 23.2 Å². The van der Waals surface area contributed by atoms with E-state index in [0.717, 1.165) is 22.1 Å². The summed E-state index contributed by atoms with van der Waals surface area (Å²) in [7, 11) is -0.154. The molecule has 0 amide bonds. The molecule has 0 saturated heterocycles. The van der Waals surface area contributed by atoms with Crippen molar-refractivity contribution in [1.29, 1.82) is 5.26 Å². The van der Waals surface area contributed by atoms with Crippen LogP contribution < -0.4 is 10.2 Å². The average Bonchev–Trinajstić information content (AvgIpc) is 3.17. The maximum atomic E-state index is 13.4. The van der Waals surface area contributed by atoms with Crippen molar-refractivity contribution in [1.82, 2.24) is 8.96 Å². The zero-order valence-corrected chi connectivity index (χ0v) is 18.9. The monoisotopic (exact) mass is 443 g/mol. The van der Waals surface area contributed by atoms with Crippen LogP contribution in [-0.4, -0.2) is 32.1 Å². The number of hydrogen-bond donors (Lipinski definition) is 1. The normalized spacial score (nSPS) is 12.0. The maximum absolute atomic E-state index is 13.4. The lowest BCUT2D eigenvalue weighted by molar-refractivity contribution is 0.242. The number of benzene rings is 2. The SMILES string of the molecule is Cc1ccc([S+]([O-])n2cc(-c3ccc(OC(C)C)c(C#N)c3)c3cc(BO)cnc32)cc1. The summed E-state index contributed by atoms with van der Waals surface area (Å²) in [6.45, 7) is 5.80. The Kier molecular flexibility index (Phi) is 6.24. The molecule has 2 aromatic carbocycles. The third-order valence-corrected chi connectivity index (χ3v) is 6.34. The fourth-order valence-electron chi connectivity index (χ4n) is 3.48. The van der Waals surface area contributed by atoms with Crippen molar-refractivity contribution in [3.63, 3.8) is 0 Å². The third-order valence-electron chi connectivity index (χ3n) is 5.03. The molecule has 2 aromatic heterocycles. The second-order valence-corrected chi connectivity index (χ2v) is 9.16. The van der Waals surface area contributed by atoms with E-state index in [2.05, 4.69) is 11.1 Å². The molecule has 0 radical (unpaired) electrons. The topological polar surface area (TPSA) is 94.1 Å². The summed E-state index contributed by atoms with van der Waals surface area (Å²) in [6, 6.07) is 17.0. The summed E-state index contributed by atoms with van der Waals surface area (Å²) in [5.41, 5.74) is 4.25. The van der Waals surface area contributed by atoms with E-state index in [4.69, 9.17) is 4.74 Å². The highest BCUT2D eigenvalue weighted by molar-refractivity contribution is 7.90. The minimum atomic E-state index is -1.51. The fraction of sp³-hybridized carbons (Fsp3) is 0.167. The molecule has 4 aromatic rings. The van der Waals surface area contributed by atoms with E-state index in [0.29, 0.717) is 27.3 Å². The van der Waals surface area contributed by atoms with E-state index in [-0.39, 0.29) is 13.6 Å². The van der Waals surface area contributed by atoms with Gasteiger partial charge in [-0.25, -0.2) is 4.98 Å². The van der Waals surface area contributed by atoms with Crippen molar-refractivity contribution in [2.75, 3.05) is 0 Å². The van der Waals surface area contributed by atoms with E-state index < -0.39 is 11.4 Å². The number of fused-ring (bicyclic) bond motifs is 1. The Morgan fingerprint density at radius 2 is 1.94 bits per heavy atom. The van der Waals surface area contributed by atoms with Crippen LogP contribution in [-0.2, 0) is 11.4 Å². The number of nitrogens with zero attached hydrogens (tertiary/aromatic N) is 3. The maximum Gasteiger partial charge on any atom is 0.306 e. The lowest BCUT2D eigenvalue weighted by atomic mass is 9.89. The van der Waals surface area contributed by atoms with Crippen molar-refractivity contribution in [3.8, 4) is 22.9 Å². The van der Waals surface area contributed by atoms with Crippen molar-refractivity contribution in [3.05, 3.63) is 72.1 Å². The Morgan fingerprint density at radius 3 is 2.59 bits per heavy atom. The Bertz CT molecular complexity index is 1310. The molecule has 1 unspecified atom stereocenters. The zero-order chi connectivity index (χ0) is 22.8. The summed E-state index contributed by atoms with van der Waals surface area (Å²) in [6.07, 6.45) is 3.31. The van der Waals surface area contributed by atoms with Gasteiger partial charge in [0.2, 0.25) is 0 Å². The quantitative estimate of drug-likeness (QED) is 0.365. The molecule has 6 nitrogen and oxygen atoms in total. The van der Waals surface area contributed by atoms with Crippen LogP contribution in [0.5, 0.6) is 5.75 Å². The molecule has 0 fully saturated rings. The number of rotatable bonds is 6. The van der Waals surface area contributed by atoms with Gasteiger partial charge >= 0.3 is 7.48 Å². The molecule has 0 aliphatic carbocycles. The summed E-state index contributed by atoms with van der Waals surface area (Å²) < 4.78 is 20.7. The number of aromatic nitrogens is 2. The van der Waals surface area contributed by atoms with Crippen LogP contribution in [0, 0.1) is 18.3 Å². The van der Waals surface area contributed by atoms with Crippen LogP contribution in [0.4, 0.5) is 0 Å². The molecule has 0 spiro atoms. The molecule has 0 saturated carbocycles.